The number of alkyl halides is 3. The number of carboxylic acid groups (broad SMARTS) is 1. The van der Waals surface area contributed by atoms with Crippen LogP contribution in [-0.2, 0) is 6.18 Å². The molecular weight excluding hydrogens is 333 g/mol. The summed E-state index contributed by atoms with van der Waals surface area (Å²) in [7, 11) is 0. The van der Waals surface area contributed by atoms with Crippen molar-refractivity contribution in [1.29, 1.82) is 0 Å². The van der Waals surface area contributed by atoms with Crippen molar-refractivity contribution in [3.05, 3.63) is 52.8 Å². The Labute approximate surface area is 132 Å². The van der Waals surface area contributed by atoms with Crippen molar-refractivity contribution in [1.82, 2.24) is 9.97 Å². The fraction of sp³-hybridized carbons (Fsp3) is 0.0667. The number of carbonyl (C=O) groups is 1. The molecule has 23 heavy (non-hydrogen) atoms. The largest absolute Gasteiger partial charge is 0.477 e. The van der Waals surface area contributed by atoms with Gasteiger partial charge in [0.15, 0.2) is 0 Å². The van der Waals surface area contributed by atoms with E-state index in [9.17, 15) is 18.0 Å². The van der Waals surface area contributed by atoms with Crippen LogP contribution < -0.4 is 0 Å². The summed E-state index contributed by atoms with van der Waals surface area (Å²) in [4.78, 5) is 17.5. The highest BCUT2D eigenvalue weighted by atomic mass is 35.5. The van der Waals surface area contributed by atoms with Gasteiger partial charge in [-0.25, -0.2) is 4.79 Å². The van der Waals surface area contributed by atoms with Crippen molar-refractivity contribution < 1.29 is 23.1 Å². The molecule has 0 saturated heterocycles. The fourth-order valence-corrected chi connectivity index (χ4v) is 2.48. The Balaban J connectivity index is 2.07. The number of hydrogen-bond acceptors (Lipinski definition) is 2. The smallest absolute Gasteiger partial charge is 0.417 e. The SMILES string of the molecule is O=C(O)c1[nH]c2ccc(-c3ccc(C(F)(F)F)cn3)cc2c1Cl. The number of aromatic amines is 1. The average molecular weight is 341 g/mol. The average Bonchev–Trinajstić information content (AvgIpc) is 2.83. The van der Waals surface area contributed by atoms with E-state index in [2.05, 4.69) is 9.97 Å². The molecule has 0 aliphatic rings. The minimum Gasteiger partial charge on any atom is -0.477 e. The lowest BCUT2D eigenvalue weighted by atomic mass is 10.1. The molecule has 2 aromatic heterocycles. The molecule has 0 atom stereocenters. The normalized spacial score (nSPS) is 11.8. The quantitative estimate of drug-likeness (QED) is 0.716. The van der Waals surface area contributed by atoms with Crippen molar-refractivity contribution in [2.45, 2.75) is 6.18 Å². The molecule has 2 N–H and O–H groups in total. The van der Waals surface area contributed by atoms with E-state index in [1.54, 1.807) is 18.2 Å². The predicted molar refractivity (Wildman–Crippen MR) is 78.5 cm³/mol. The van der Waals surface area contributed by atoms with Gasteiger partial charge in [-0.2, -0.15) is 13.2 Å². The van der Waals surface area contributed by atoms with Crippen LogP contribution in [0.4, 0.5) is 13.2 Å². The Hall–Kier alpha value is -2.54. The highest BCUT2D eigenvalue weighted by Crippen LogP contribution is 2.33. The molecule has 8 heteroatoms. The van der Waals surface area contributed by atoms with Gasteiger partial charge in [0.2, 0.25) is 0 Å². The summed E-state index contributed by atoms with van der Waals surface area (Å²) in [5, 5.41) is 9.53. The van der Waals surface area contributed by atoms with E-state index < -0.39 is 17.7 Å². The lowest BCUT2D eigenvalue weighted by molar-refractivity contribution is -0.137. The Morgan fingerprint density at radius 2 is 1.96 bits per heavy atom. The second kappa shape index (κ2) is 5.27. The maximum Gasteiger partial charge on any atom is 0.417 e. The third kappa shape index (κ3) is 2.75. The molecule has 4 nitrogen and oxygen atoms in total. The van der Waals surface area contributed by atoms with Gasteiger partial charge in [-0.3, -0.25) is 4.98 Å². The van der Waals surface area contributed by atoms with Gasteiger partial charge in [0.05, 0.1) is 16.3 Å². The molecule has 3 aromatic rings. The Bertz CT molecular complexity index is 901. The summed E-state index contributed by atoms with van der Waals surface area (Å²) in [5.41, 5.74) is 0.399. The molecule has 0 amide bonds. The van der Waals surface area contributed by atoms with Gasteiger partial charge < -0.3 is 10.1 Å². The fourth-order valence-electron chi connectivity index (χ4n) is 2.20. The first kappa shape index (κ1) is 15.4. The van der Waals surface area contributed by atoms with Crippen LogP contribution in [0.5, 0.6) is 0 Å². The maximum absolute atomic E-state index is 12.5. The molecule has 118 valence electrons. The number of nitrogens with zero attached hydrogens (tertiary/aromatic N) is 1. The monoisotopic (exact) mass is 340 g/mol. The van der Waals surface area contributed by atoms with E-state index in [0.717, 1.165) is 12.3 Å². The number of fused-ring (bicyclic) bond motifs is 1. The number of halogens is 4. The zero-order chi connectivity index (χ0) is 16.8. The number of nitrogens with one attached hydrogen (secondary N) is 1. The minimum absolute atomic E-state index is 0.0428. The van der Waals surface area contributed by atoms with Crippen LogP contribution >= 0.6 is 11.6 Å². The number of aromatic nitrogens is 2. The minimum atomic E-state index is -4.45. The second-order valence-electron chi connectivity index (χ2n) is 4.81. The van der Waals surface area contributed by atoms with Gasteiger partial charge in [0.1, 0.15) is 5.69 Å². The summed E-state index contributed by atoms with van der Waals surface area (Å²) >= 11 is 6.02. The van der Waals surface area contributed by atoms with Gasteiger partial charge in [-0.1, -0.05) is 17.7 Å². The molecule has 0 aliphatic heterocycles. The molecule has 0 unspecified atom stereocenters. The van der Waals surface area contributed by atoms with Crippen molar-refractivity contribution >= 4 is 28.5 Å². The summed E-state index contributed by atoms with van der Waals surface area (Å²) in [6, 6.07) is 6.99. The Morgan fingerprint density at radius 3 is 2.52 bits per heavy atom. The van der Waals surface area contributed by atoms with E-state index in [-0.39, 0.29) is 10.7 Å². The topological polar surface area (TPSA) is 66.0 Å². The van der Waals surface area contributed by atoms with Crippen molar-refractivity contribution in [2.75, 3.05) is 0 Å². The number of benzene rings is 1. The standard InChI is InChI=1S/C15H8ClF3N2O2/c16-12-9-5-7(1-3-11(9)21-13(12)14(22)23)10-4-2-8(6-20-10)15(17,18)19/h1-6,21H,(H,22,23). The van der Waals surface area contributed by atoms with Crippen LogP contribution in [0, 0.1) is 0 Å². The lowest BCUT2D eigenvalue weighted by Gasteiger charge is -2.07. The van der Waals surface area contributed by atoms with E-state index in [1.165, 1.54) is 6.07 Å². The summed E-state index contributed by atoms with van der Waals surface area (Å²) < 4.78 is 37.6. The van der Waals surface area contributed by atoms with Gasteiger partial charge in [0.25, 0.3) is 0 Å². The van der Waals surface area contributed by atoms with E-state index >= 15 is 0 Å². The number of pyridine rings is 1. The summed E-state index contributed by atoms with van der Waals surface area (Å²) in [6.45, 7) is 0. The first-order valence-corrected chi connectivity index (χ1v) is 6.73. The van der Waals surface area contributed by atoms with E-state index in [1.807, 2.05) is 0 Å². The molecule has 0 spiro atoms. The molecule has 0 radical (unpaired) electrons. The number of hydrogen-bond donors (Lipinski definition) is 2. The molecule has 0 saturated carbocycles. The molecule has 1 aromatic carbocycles. The number of H-pyrrole nitrogens is 1. The van der Waals surface area contributed by atoms with Crippen molar-refractivity contribution in [2.24, 2.45) is 0 Å². The van der Waals surface area contributed by atoms with Crippen molar-refractivity contribution in [3.8, 4) is 11.3 Å². The lowest BCUT2D eigenvalue weighted by Crippen LogP contribution is -2.05. The summed E-state index contributed by atoms with van der Waals surface area (Å²) in [5.74, 6) is -1.19. The Kier molecular flexibility index (Phi) is 3.52. The van der Waals surface area contributed by atoms with Crippen LogP contribution in [-0.4, -0.2) is 21.0 Å². The van der Waals surface area contributed by atoms with Crippen LogP contribution in [0.1, 0.15) is 16.1 Å². The van der Waals surface area contributed by atoms with Gasteiger partial charge >= 0.3 is 12.1 Å². The summed E-state index contributed by atoms with van der Waals surface area (Å²) in [6.07, 6.45) is -3.70. The number of carboxylic acids is 1. The molecule has 3 rings (SSSR count). The maximum atomic E-state index is 12.5. The highest BCUT2D eigenvalue weighted by molar-refractivity contribution is 6.38. The number of aromatic carboxylic acids is 1. The van der Waals surface area contributed by atoms with Crippen molar-refractivity contribution in [3.63, 3.8) is 0 Å². The zero-order valence-electron chi connectivity index (χ0n) is 11.3. The van der Waals surface area contributed by atoms with E-state index in [4.69, 9.17) is 16.7 Å². The van der Waals surface area contributed by atoms with Crippen LogP contribution in [0.3, 0.4) is 0 Å². The first-order chi connectivity index (χ1) is 10.8. The van der Waals surface area contributed by atoms with Crippen LogP contribution in [0.2, 0.25) is 5.02 Å². The molecule has 0 bridgehead atoms. The van der Waals surface area contributed by atoms with Crippen LogP contribution in [0.15, 0.2) is 36.5 Å². The predicted octanol–water partition coefficient (Wildman–Crippen LogP) is 4.60. The van der Waals surface area contributed by atoms with Crippen LogP contribution in [0.25, 0.3) is 22.2 Å². The highest BCUT2D eigenvalue weighted by Gasteiger charge is 2.30. The molecule has 0 fully saturated rings. The van der Waals surface area contributed by atoms with E-state index in [0.29, 0.717) is 22.2 Å². The molecule has 2 heterocycles. The molecule has 0 aliphatic carbocycles. The zero-order valence-corrected chi connectivity index (χ0v) is 12.0. The third-order valence-electron chi connectivity index (χ3n) is 3.34. The Morgan fingerprint density at radius 1 is 1.22 bits per heavy atom. The second-order valence-corrected chi connectivity index (χ2v) is 5.19. The van der Waals surface area contributed by atoms with Gasteiger partial charge in [-0.05, 0) is 24.3 Å². The van der Waals surface area contributed by atoms with Gasteiger partial charge in [-0.15, -0.1) is 0 Å². The number of rotatable bonds is 2. The van der Waals surface area contributed by atoms with Gasteiger partial charge in [0, 0.05) is 22.7 Å². The third-order valence-corrected chi connectivity index (χ3v) is 3.73. The molecular formula is C15H8ClF3N2O2. The first-order valence-electron chi connectivity index (χ1n) is 6.35.